The minimum absolute atomic E-state index is 0.0308. The second-order valence-electron chi connectivity index (χ2n) is 6.38. The molecule has 5 nitrogen and oxygen atoms in total. The van der Waals surface area contributed by atoms with Crippen LogP contribution < -0.4 is 0 Å². The van der Waals surface area contributed by atoms with Crippen molar-refractivity contribution in [2.75, 3.05) is 26.2 Å². The zero-order valence-corrected chi connectivity index (χ0v) is 11.7. The van der Waals surface area contributed by atoms with Crippen molar-refractivity contribution in [3.05, 3.63) is 0 Å². The quantitative estimate of drug-likeness (QED) is 0.709. The Labute approximate surface area is 109 Å². The van der Waals surface area contributed by atoms with Crippen molar-refractivity contribution < 1.29 is 14.9 Å². The molecule has 2 aliphatic rings. The summed E-state index contributed by atoms with van der Waals surface area (Å²) >= 11 is 0. The molecule has 106 valence electrons. The highest BCUT2D eigenvalue weighted by Crippen LogP contribution is 2.26. The van der Waals surface area contributed by atoms with E-state index >= 15 is 0 Å². The highest BCUT2D eigenvalue weighted by Gasteiger charge is 2.39. The smallest absolute Gasteiger partial charge is 0.217 e. The number of fused-ring (bicyclic) bond motifs is 1. The van der Waals surface area contributed by atoms with Gasteiger partial charge in [-0.05, 0) is 40.2 Å². The molecule has 0 spiro atoms. The molecular weight excluding hydrogens is 232 g/mol. The second kappa shape index (κ2) is 5.43. The molecule has 2 rings (SSSR count). The summed E-state index contributed by atoms with van der Waals surface area (Å²) in [7, 11) is 0. The Morgan fingerprint density at radius 1 is 1.33 bits per heavy atom. The van der Waals surface area contributed by atoms with Crippen molar-refractivity contribution in [2.24, 2.45) is 0 Å². The van der Waals surface area contributed by atoms with Gasteiger partial charge in [-0.15, -0.1) is 0 Å². The SMILES string of the molecule is CC(C)(C)OC(O)N1C[C@@H]2CCCN2C[C@@H]1CO. The average molecular weight is 258 g/mol. The maximum Gasteiger partial charge on any atom is 0.217 e. The molecule has 3 atom stereocenters. The van der Waals surface area contributed by atoms with Crippen LogP contribution in [0.5, 0.6) is 0 Å². The Balaban J connectivity index is 2.00. The largest absolute Gasteiger partial charge is 0.395 e. The fraction of sp³-hybridized carbons (Fsp3) is 1.00. The molecule has 2 N–H and O–H groups in total. The number of rotatable bonds is 3. The van der Waals surface area contributed by atoms with Crippen molar-refractivity contribution in [3.63, 3.8) is 0 Å². The van der Waals surface area contributed by atoms with E-state index in [1.165, 1.54) is 12.8 Å². The monoisotopic (exact) mass is 258 g/mol. The molecule has 0 saturated carbocycles. The maximum absolute atomic E-state index is 10.2. The summed E-state index contributed by atoms with van der Waals surface area (Å²) in [4.78, 5) is 4.32. The van der Waals surface area contributed by atoms with Crippen LogP contribution in [0.2, 0.25) is 0 Å². The highest BCUT2D eigenvalue weighted by atomic mass is 16.6. The molecule has 5 heteroatoms. The van der Waals surface area contributed by atoms with Crippen LogP contribution in [-0.2, 0) is 4.74 Å². The maximum atomic E-state index is 10.2. The van der Waals surface area contributed by atoms with Crippen LogP contribution in [0.3, 0.4) is 0 Å². The third-order valence-electron chi connectivity index (χ3n) is 3.79. The molecule has 2 aliphatic heterocycles. The van der Waals surface area contributed by atoms with Gasteiger partial charge in [-0.1, -0.05) is 0 Å². The summed E-state index contributed by atoms with van der Waals surface area (Å²) in [6.45, 7) is 8.56. The predicted molar refractivity (Wildman–Crippen MR) is 69.0 cm³/mol. The van der Waals surface area contributed by atoms with E-state index in [1.54, 1.807) is 0 Å². The molecule has 0 aromatic rings. The van der Waals surface area contributed by atoms with Crippen LogP contribution in [0.1, 0.15) is 33.6 Å². The van der Waals surface area contributed by atoms with E-state index in [-0.39, 0.29) is 18.2 Å². The lowest BCUT2D eigenvalue weighted by molar-refractivity contribution is -0.260. The molecule has 0 aromatic heterocycles. The van der Waals surface area contributed by atoms with Crippen molar-refractivity contribution in [1.29, 1.82) is 0 Å². The summed E-state index contributed by atoms with van der Waals surface area (Å²) < 4.78 is 5.61. The first-order valence-electron chi connectivity index (χ1n) is 6.87. The van der Waals surface area contributed by atoms with Gasteiger partial charge in [0.2, 0.25) is 6.41 Å². The van der Waals surface area contributed by atoms with Gasteiger partial charge in [-0.3, -0.25) is 4.90 Å². The molecule has 2 saturated heterocycles. The predicted octanol–water partition coefficient (Wildman–Crippen LogP) is 0.218. The van der Waals surface area contributed by atoms with Gasteiger partial charge in [0.1, 0.15) is 0 Å². The minimum Gasteiger partial charge on any atom is -0.395 e. The third-order valence-corrected chi connectivity index (χ3v) is 3.79. The van der Waals surface area contributed by atoms with E-state index in [9.17, 15) is 10.2 Å². The summed E-state index contributed by atoms with van der Waals surface area (Å²) in [5.74, 6) is 0. The van der Waals surface area contributed by atoms with E-state index in [0.717, 1.165) is 19.6 Å². The van der Waals surface area contributed by atoms with Crippen LogP contribution in [-0.4, -0.2) is 70.4 Å². The lowest BCUT2D eigenvalue weighted by atomic mass is 10.1. The number of ether oxygens (including phenoxy) is 1. The molecule has 0 aromatic carbocycles. The molecule has 0 aliphatic carbocycles. The van der Waals surface area contributed by atoms with Crippen LogP contribution in [0.25, 0.3) is 0 Å². The Kier molecular flexibility index (Phi) is 4.29. The lowest BCUT2D eigenvalue weighted by Crippen LogP contribution is -2.61. The Hall–Kier alpha value is -0.200. The lowest BCUT2D eigenvalue weighted by Gasteiger charge is -2.45. The van der Waals surface area contributed by atoms with Gasteiger partial charge >= 0.3 is 0 Å². The van der Waals surface area contributed by atoms with E-state index in [0.29, 0.717) is 6.04 Å². The third kappa shape index (κ3) is 3.22. The summed E-state index contributed by atoms with van der Waals surface area (Å²) in [6, 6.07) is 0.475. The van der Waals surface area contributed by atoms with Crippen LogP contribution >= 0.6 is 0 Å². The zero-order valence-electron chi connectivity index (χ0n) is 11.7. The Bertz CT molecular complexity index is 280. The van der Waals surface area contributed by atoms with Gasteiger partial charge in [0.05, 0.1) is 18.2 Å². The van der Waals surface area contributed by atoms with Crippen molar-refractivity contribution in [3.8, 4) is 0 Å². The summed E-state index contributed by atoms with van der Waals surface area (Å²) in [5, 5.41) is 19.7. The highest BCUT2D eigenvalue weighted by molar-refractivity contribution is 4.92. The molecular formula is C13H26N2O3. The number of aliphatic hydroxyl groups excluding tert-OH is 2. The van der Waals surface area contributed by atoms with Gasteiger partial charge in [-0.25, -0.2) is 4.90 Å². The number of aliphatic hydroxyl groups is 2. The van der Waals surface area contributed by atoms with E-state index in [2.05, 4.69) is 4.90 Å². The van der Waals surface area contributed by atoms with Gasteiger partial charge in [0, 0.05) is 19.1 Å². The fourth-order valence-electron chi connectivity index (χ4n) is 2.93. The Morgan fingerprint density at radius 3 is 2.67 bits per heavy atom. The number of hydrogen-bond donors (Lipinski definition) is 2. The molecule has 1 unspecified atom stereocenters. The first-order valence-corrected chi connectivity index (χ1v) is 6.87. The molecule has 0 radical (unpaired) electrons. The normalized spacial score (nSPS) is 32.5. The first kappa shape index (κ1) is 14.2. The molecule has 18 heavy (non-hydrogen) atoms. The second-order valence-corrected chi connectivity index (χ2v) is 6.38. The standard InChI is InChI=1S/C13H26N2O3/c1-13(2,3)18-12(17)15-8-10-5-4-6-14(10)7-11(15)9-16/h10-12,16-17H,4-9H2,1-3H3/t10-,11+,12?/m0/s1. The molecule has 0 bridgehead atoms. The van der Waals surface area contributed by atoms with Gasteiger partial charge < -0.3 is 14.9 Å². The van der Waals surface area contributed by atoms with Crippen molar-refractivity contribution >= 4 is 0 Å². The summed E-state index contributed by atoms with van der Waals surface area (Å²) in [6.07, 6.45) is 1.47. The van der Waals surface area contributed by atoms with Crippen molar-refractivity contribution in [1.82, 2.24) is 9.80 Å². The number of piperazine rings is 1. The van der Waals surface area contributed by atoms with E-state index in [4.69, 9.17) is 4.74 Å². The van der Waals surface area contributed by atoms with Crippen molar-refractivity contribution in [2.45, 2.75) is 57.7 Å². The number of nitrogens with zero attached hydrogens (tertiary/aromatic N) is 2. The zero-order chi connectivity index (χ0) is 13.3. The van der Waals surface area contributed by atoms with Gasteiger partial charge in [0.15, 0.2) is 0 Å². The van der Waals surface area contributed by atoms with Gasteiger partial charge in [-0.2, -0.15) is 0 Å². The molecule has 0 amide bonds. The minimum atomic E-state index is -0.926. The first-order chi connectivity index (χ1) is 8.40. The van der Waals surface area contributed by atoms with Crippen LogP contribution in [0.4, 0.5) is 0 Å². The van der Waals surface area contributed by atoms with Crippen LogP contribution in [0.15, 0.2) is 0 Å². The average Bonchev–Trinajstić information content (AvgIpc) is 2.71. The summed E-state index contributed by atoms with van der Waals surface area (Å²) in [5.41, 5.74) is -0.383. The van der Waals surface area contributed by atoms with Gasteiger partial charge in [0.25, 0.3) is 0 Å². The Morgan fingerprint density at radius 2 is 2.06 bits per heavy atom. The fourth-order valence-corrected chi connectivity index (χ4v) is 2.93. The molecule has 2 heterocycles. The molecule has 2 fully saturated rings. The van der Waals surface area contributed by atoms with E-state index in [1.807, 2.05) is 25.7 Å². The topological polar surface area (TPSA) is 56.2 Å². The van der Waals surface area contributed by atoms with Crippen LogP contribution in [0, 0.1) is 0 Å². The van der Waals surface area contributed by atoms with E-state index < -0.39 is 6.41 Å². The number of hydrogen-bond acceptors (Lipinski definition) is 5.